The van der Waals surface area contributed by atoms with Crippen molar-refractivity contribution in [3.05, 3.63) is 0 Å². The lowest BCUT2D eigenvalue weighted by molar-refractivity contribution is 0.0329. The van der Waals surface area contributed by atoms with Gasteiger partial charge in [0.2, 0.25) is 0 Å². The number of hydrogen-bond acceptors (Lipinski definition) is 2. The standard InChI is InChI=1S/C14H30NO2/c1-5-9-16-13(7-3)11-15-12-14(8-4)17-10-6-2/h13-14H,5-12H2,1-4H3. The number of rotatable bonds is 12. The smallest absolute Gasteiger partial charge is 0.0713 e. The molecule has 0 aromatic rings. The van der Waals surface area contributed by atoms with E-state index in [-0.39, 0.29) is 0 Å². The highest BCUT2D eigenvalue weighted by atomic mass is 16.5. The molecular formula is C14H30NO2. The van der Waals surface area contributed by atoms with Crippen molar-refractivity contribution in [1.29, 1.82) is 0 Å². The van der Waals surface area contributed by atoms with E-state index in [2.05, 4.69) is 33.0 Å². The van der Waals surface area contributed by atoms with E-state index in [1.54, 1.807) is 0 Å². The van der Waals surface area contributed by atoms with Crippen LogP contribution < -0.4 is 5.32 Å². The van der Waals surface area contributed by atoms with E-state index >= 15 is 0 Å². The van der Waals surface area contributed by atoms with Crippen molar-refractivity contribution in [2.75, 3.05) is 26.3 Å². The number of hydrogen-bond donors (Lipinski definition) is 0. The van der Waals surface area contributed by atoms with Crippen molar-refractivity contribution in [1.82, 2.24) is 5.32 Å². The van der Waals surface area contributed by atoms with Crippen LogP contribution in [0.25, 0.3) is 0 Å². The Morgan fingerprint density at radius 2 is 1.18 bits per heavy atom. The Labute approximate surface area is 107 Å². The molecule has 0 aliphatic carbocycles. The molecule has 17 heavy (non-hydrogen) atoms. The lowest BCUT2D eigenvalue weighted by atomic mass is 10.2. The monoisotopic (exact) mass is 244 g/mol. The zero-order valence-corrected chi connectivity index (χ0v) is 12.1. The summed E-state index contributed by atoms with van der Waals surface area (Å²) in [5.41, 5.74) is 0. The molecule has 1 radical (unpaired) electrons. The molecule has 2 unspecified atom stereocenters. The quantitative estimate of drug-likeness (QED) is 0.528. The van der Waals surface area contributed by atoms with E-state index in [4.69, 9.17) is 9.47 Å². The highest BCUT2D eigenvalue weighted by molar-refractivity contribution is 4.64. The van der Waals surface area contributed by atoms with Gasteiger partial charge in [0.25, 0.3) is 0 Å². The molecule has 0 rings (SSSR count). The van der Waals surface area contributed by atoms with Crippen molar-refractivity contribution >= 4 is 0 Å². The molecule has 0 heterocycles. The summed E-state index contributed by atoms with van der Waals surface area (Å²) in [5, 5.41) is 4.57. The summed E-state index contributed by atoms with van der Waals surface area (Å²) >= 11 is 0. The summed E-state index contributed by atoms with van der Waals surface area (Å²) in [4.78, 5) is 0. The van der Waals surface area contributed by atoms with E-state index in [0.29, 0.717) is 12.2 Å². The second-order valence-electron chi connectivity index (χ2n) is 4.39. The Kier molecular flexibility index (Phi) is 12.3. The van der Waals surface area contributed by atoms with Crippen molar-refractivity contribution < 1.29 is 9.47 Å². The highest BCUT2D eigenvalue weighted by Crippen LogP contribution is 2.01. The maximum Gasteiger partial charge on any atom is 0.0713 e. The van der Waals surface area contributed by atoms with Crippen LogP contribution in [-0.2, 0) is 9.47 Å². The summed E-state index contributed by atoms with van der Waals surface area (Å²) in [6.07, 6.45) is 4.81. The summed E-state index contributed by atoms with van der Waals surface area (Å²) in [7, 11) is 0. The van der Waals surface area contributed by atoms with Crippen LogP contribution in [0.3, 0.4) is 0 Å². The molecule has 0 saturated carbocycles. The molecule has 103 valence electrons. The van der Waals surface area contributed by atoms with Crippen LogP contribution in [0.4, 0.5) is 0 Å². The first-order chi connectivity index (χ1) is 8.28. The fourth-order valence-corrected chi connectivity index (χ4v) is 1.53. The van der Waals surface area contributed by atoms with Gasteiger partial charge in [0.15, 0.2) is 0 Å². The Bertz CT molecular complexity index is 137. The summed E-state index contributed by atoms with van der Waals surface area (Å²) in [5.74, 6) is 0. The molecule has 0 aliphatic rings. The van der Waals surface area contributed by atoms with Gasteiger partial charge in [-0.3, -0.25) is 0 Å². The second kappa shape index (κ2) is 12.3. The van der Waals surface area contributed by atoms with E-state index in [1.807, 2.05) is 0 Å². The molecule has 0 spiro atoms. The first kappa shape index (κ1) is 16.9. The molecule has 3 heteroatoms. The van der Waals surface area contributed by atoms with Crippen molar-refractivity contribution in [3.63, 3.8) is 0 Å². The molecule has 0 aromatic heterocycles. The molecule has 0 bridgehead atoms. The van der Waals surface area contributed by atoms with Gasteiger partial charge in [0.05, 0.1) is 12.2 Å². The predicted molar refractivity (Wildman–Crippen MR) is 72.5 cm³/mol. The van der Waals surface area contributed by atoms with E-state index in [9.17, 15) is 0 Å². The van der Waals surface area contributed by atoms with Gasteiger partial charge < -0.3 is 9.47 Å². The van der Waals surface area contributed by atoms with Gasteiger partial charge in [-0.05, 0) is 25.7 Å². The van der Waals surface area contributed by atoms with Gasteiger partial charge in [-0.25, -0.2) is 5.32 Å². The fourth-order valence-electron chi connectivity index (χ4n) is 1.53. The molecule has 3 nitrogen and oxygen atoms in total. The minimum Gasteiger partial charge on any atom is -0.377 e. The average Bonchev–Trinajstić information content (AvgIpc) is 2.37. The Morgan fingerprint density at radius 1 is 0.765 bits per heavy atom. The number of ether oxygens (including phenoxy) is 2. The Morgan fingerprint density at radius 3 is 1.47 bits per heavy atom. The Hall–Kier alpha value is -0.120. The molecular weight excluding hydrogens is 214 g/mol. The van der Waals surface area contributed by atoms with Gasteiger partial charge in [0, 0.05) is 26.3 Å². The lowest BCUT2D eigenvalue weighted by Crippen LogP contribution is -2.30. The van der Waals surface area contributed by atoms with Crippen molar-refractivity contribution in [2.24, 2.45) is 0 Å². The maximum absolute atomic E-state index is 5.70. The average molecular weight is 244 g/mol. The van der Waals surface area contributed by atoms with Crippen molar-refractivity contribution in [3.8, 4) is 0 Å². The SMILES string of the molecule is CCCOC(CC)C[N]CC(CC)OCCC. The molecule has 0 saturated heterocycles. The number of nitrogens with zero attached hydrogens (tertiary/aromatic N) is 1. The highest BCUT2D eigenvalue weighted by Gasteiger charge is 2.10. The molecule has 0 aliphatic heterocycles. The third kappa shape index (κ3) is 9.57. The van der Waals surface area contributed by atoms with Gasteiger partial charge in [-0.1, -0.05) is 27.7 Å². The fraction of sp³-hybridized carbons (Fsp3) is 1.00. The van der Waals surface area contributed by atoms with Crippen LogP contribution in [0.2, 0.25) is 0 Å². The van der Waals surface area contributed by atoms with Crippen LogP contribution in [0.5, 0.6) is 0 Å². The minimum absolute atomic E-state index is 0.290. The molecule has 0 fully saturated rings. The van der Waals surface area contributed by atoms with Gasteiger partial charge >= 0.3 is 0 Å². The molecule has 0 amide bonds. The van der Waals surface area contributed by atoms with Gasteiger partial charge in [-0.2, -0.15) is 0 Å². The zero-order chi connectivity index (χ0) is 12.9. The van der Waals surface area contributed by atoms with Crippen LogP contribution >= 0.6 is 0 Å². The van der Waals surface area contributed by atoms with Gasteiger partial charge in [-0.15, -0.1) is 0 Å². The first-order valence-electron chi connectivity index (χ1n) is 7.14. The van der Waals surface area contributed by atoms with Crippen LogP contribution in [0.1, 0.15) is 53.4 Å². The summed E-state index contributed by atoms with van der Waals surface area (Å²) in [6, 6.07) is 0. The summed E-state index contributed by atoms with van der Waals surface area (Å²) in [6.45, 7) is 11.9. The maximum atomic E-state index is 5.70. The minimum atomic E-state index is 0.290. The largest absolute Gasteiger partial charge is 0.377 e. The third-order valence-corrected chi connectivity index (χ3v) is 2.69. The van der Waals surface area contributed by atoms with Crippen LogP contribution in [0, 0.1) is 0 Å². The van der Waals surface area contributed by atoms with Gasteiger partial charge in [0.1, 0.15) is 0 Å². The van der Waals surface area contributed by atoms with E-state index in [1.165, 1.54) is 0 Å². The second-order valence-corrected chi connectivity index (χ2v) is 4.39. The van der Waals surface area contributed by atoms with Crippen LogP contribution in [0.15, 0.2) is 0 Å². The first-order valence-corrected chi connectivity index (χ1v) is 7.14. The summed E-state index contributed by atoms with van der Waals surface area (Å²) < 4.78 is 11.4. The van der Waals surface area contributed by atoms with Crippen LogP contribution in [-0.4, -0.2) is 38.5 Å². The molecule has 2 atom stereocenters. The topological polar surface area (TPSA) is 32.6 Å². The zero-order valence-electron chi connectivity index (χ0n) is 12.1. The van der Waals surface area contributed by atoms with Crippen molar-refractivity contribution in [2.45, 2.75) is 65.6 Å². The lowest BCUT2D eigenvalue weighted by Gasteiger charge is -2.19. The predicted octanol–water partition coefficient (Wildman–Crippen LogP) is 3.00. The molecule has 0 aromatic carbocycles. The Balaban J connectivity index is 3.61. The normalized spacial score (nSPS) is 14.8. The third-order valence-electron chi connectivity index (χ3n) is 2.69. The van der Waals surface area contributed by atoms with E-state index in [0.717, 1.165) is 52.0 Å². The molecule has 0 N–H and O–H groups in total. The van der Waals surface area contributed by atoms with E-state index < -0.39 is 0 Å².